The number of fused-ring (bicyclic) bond motifs is 1. The van der Waals surface area contributed by atoms with Crippen LogP contribution < -0.4 is 10.5 Å². The van der Waals surface area contributed by atoms with E-state index >= 15 is 0 Å². The summed E-state index contributed by atoms with van der Waals surface area (Å²) in [6.45, 7) is 0. The van der Waals surface area contributed by atoms with Gasteiger partial charge in [-0.15, -0.1) is 0 Å². The Kier molecular flexibility index (Phi) is 2.17. The lowest BCUT2D eigenvalue weighted by molar-refractivity contribution is 0.420. The van der Waals surface area contributed by atoms with Crippen LogP contribution in [0.1, 0.15) is 0 Å². The van der Waals surface area contributed by atoms with E-state index in [-0.39, 0.29) is 0 Å². The van der Waals surface area contributed by atoms with Crippen LogP contribution >= 0.6 is 11.6 Å². The summed E-state index contributed by atoms with van der Waals surface area (Å²) < 4.78 is 5.18. The smallest absolute Gasteiger partial charge is 0.129 e. The summed E-state index contributed by atoms with van der Waals surface area (Å²) in [6.07, 6.45) is 1.63. The normalized spacial score (nSPS) is 10.4. The molecule has 0 saturated carbocycles. The van der Waals surface area contributed by atoms with Gasteiger partial charge >= 0.3 is 0 Å². The SMILES string of the molecule is COc1ccc(N)c2nccc(Cl)c12. The Balaban J connectivity index is 2.92. The average molecular weight is 209 g/mol. The van der Waals surface area contributed by atoms with Crippen LogP contribution in [0, 0.1) is 0 Å². The first-order chi connectivity index (χ1) is 6.74. The summed E-state index contributed by atoms with van der Waals surface area (Å²) in [5, 5.41) is 1.36. The molecule has 0 aliphatic rings. The fourth-order valence-electron chi connectivity index (χ4n) is 1.39. The predicted molar refractivity (Wildman–Crippen MR) is 57.7 cm³/mol. The summed E-state index contributed by atoms with van der Waals surface area (Å²) >= 11 is 6.04. The van der Waals surface area contributed by atoms with Crippen LogP contribution in [0.2, 0.25) is 5.02 Å². The van der Waals surface area contributed by atoms with Gasteiger partial charge in [0.1, 0.15) is 5.75 Å². The predicted octanol–water partition coefficient (Wildman–Crippen LogP) is 2.48. The van der Waals surface area contributed by atoms with Crippen molar-refractivity contribution in [1.29, 1.82) is 0 Å². The average Bonchev–Trinajstić information content (AvgIpc) is 2.20. The Morgan fingerprint density at radius 3 is 2.86 bits per heavy atom. The van der Waals surface area contributed by atoms with E-state index in [0.717, 1.165) is 5.39 Å². The molecule has 1 aromatic heterocycles. The third-order valence-electron chi connectivity index (χ3n) is 2.05. The minimum absolute atomic E-state index is 0.596. The highest BCUT2D eigenvalue weighted by atomic mass is 35.5. The first-order valence-electron chi connectivity index (χ1n) is 4.10. The van der Waals surface area contributed by atoms with Gasteiger partial charge in [-0.3, -0.25) is 4.98 Å². The van der Waals surface area contributed by atoms with Crippen LogP contribution in [0.3, 0.4) is 0 Å². The highest BCUT2D eigenvalue weighted by Crippen LogP contribution is 2.33. The second-order valence-corrected chi connectivity index (χ2v) is 3.28. The zero-order valence-electron chi connectivity index (χ0n) is 7.62. The number of hydrogen-bond acceptors (Lipinski definition) is 3. The number of rotatable bonds is 1. The molecule has 0 bridgehead atoms. The number of nitrogens with zero attached hydrogens (tertiary/aromatic N) is 1. The molecular weight excluding hydrogens is 200 g/mol. The fourth-order valence-corrected chi connectivity index (χ4v) is 1.63. The second kappa shape index (κ2) is 3.35. The van der Waals surface area contributed by atoms with E-state index in [1.54, 1.807) is 31.5 Å². The maximum atomic E-state index is 6.04. The van der Waals surface area contributed by atoms with Crippen LogP contribution in [0.4, 0.5) is 5.69 Å². The monoisotopic (exact) mass is 208 g/mol. The molecular formula is C10H9ClN2O. The number of methoxy groups -OCH3 is 1. The topological polar surface area (TPSA) is 48.1 Å². The molecule has 0 amide bonds. The second-order valence-electron chi connectivity index (χ2n) is 2.87. The van der Waals surface area contributed by atoms with Crippen molar-refractivity contribution < 1.29 is 4.74 Å². The molecule has 0 saturated heterocycles. The Labute approximate surface area is 86.5 Å². The van der Waals surface area contributed by atoms with Crippen LogP contribution in [0.15, 0.2) is 24.4 Å². The molecule has 0 radical (unpaired) electrons. The lowest BCUT2D eigenvalue weighted by atomic mass is 10.2. The van der Waals surface area contributed by atoms with E-state index in [0.29, 0.717) is 22.0 Å². The molecule has 2 rings (SSSR count). The number of benzene rings is 1. The maximum Gasteiger partial charge on any atom is 0.129 e. The number of halogens is 1. The Morgan fingerprint density at radius 1 is 1.36 bits per heavy atom. The summed E-state index contributed by atoms with van der Waals surface area (Å²) in [7, 11) is 1.59. The van der Waals surface area contributed by atoms with Gasteiger partial charge in [-0.1, -0.05) is 11.6 Å². The van der Waals surface area contributed by atoms with Crippen molar-refractivity contribution in [3.63, 3.8) is 0 Å². The molecule has 0 fully saturated rings. The molecule has 0 aliphatic carbocycles. The molecule has 1 aromatic carbocycles. The molecule has 72 valence electrons. The largest absolute Gasteiger partial charge is 0.496 e. The van der Waals surface area contributed by atoms with E-state index in [4.69, 9.17) is 22.1 Å². The molecule has 2 N–H and O–H groups in total. The minimum Gasteiger partial charge on any atom is -0.496 e. The lowest BCUT2D eigenvalue weighted by Gasteiger charge is -2.07. The van der Waals surface area contributed by atoms with Crippen molar-refractivity contribution in [3.05, 3.63) is 29.4 Å². The third kappa shape index (κ3) is 1.26. The zero-order chi connectivity index (χ0) is 10.1. The minimum atomic E-state index is 0.596. The van der Waals surface area contributed by atoms with Crippen LogP contribution in [-0.2, 0) is 0 Å². The number of hydrogen-bond donors (Lipinski definition) is 1. The van der Waals surface area contributed by atoms with Gasteiger partial charge in [0.05, 0.1) is 28.7 Å². The molecule has 1 heterocycles. The van der Waals surface area contributed by atoms with E-state index in [1.807, 2.05) is 0 Å². The highest BCUT2D eigenvalue weighted by molar-refractivity contribution is 6.36. The Bertz CT molecular complexity index is 485. The molecule has 0 spiro atoms. The van der Waals surface area contributed by atoms with Gasteiger partial charge < -0.3 is 10.5 Å². The number of anilines is 1. The lowest BCUT2D eigenvalue weighted by Crippen LogP contribution is -1.92. The van der Waals surface area contributed by atoms with E-state index in [2.05, 4.69) is 4.98 Å². The van der Waals surface area contributed by atoms with Crippen LogP contribution in [0.5, 0.6) is 5.75 Å². The molecule has 14 heavy (non-hydrogen) atoms. The molecule has 0 atom stereocenters. The molecule has 2 aromatic rings. The van der Waals surface area contributed by atoms with Gasteiger partial charge in [0.25, 0.3) is 0 Å². The van der Waals surface area contributed by atoms with Gasteiger partial charge in [-0.05, 0) is 18.2 Å². The van der Waals surface area contributed by atoms with E-state index < -0.39 is 0 Å². The van der Waals surface area contributed by atoms with Gasteiger partial charge in [0.2, 0.25) is 0 Å². The van der Waals surface area contributed by atoms with E-state index in [1.165, 1.54) is 0 Å². The Morgan fingerprint density at radius 2 is 2.14 bits per heavy atom. The molecule has 4 heteroatoms. The summed E-state index contributed by atoms with van der Waals surface area (Å²) in [6, 6.07) is 5.25. The summed E-state index contributed by atoms with van der Waals surface area (Å²) in [5.41, 5.74) is 7.05. The summed E-state index contributed by atoms with van der Waals surface area (Å²) in [4.78, 5) is 4.16. The zero-order valence-corrected chi connectivity index (χ0v) is 8.38. The van der Waals surface area contributed by atoms with Crippen molar-refractivity contribution >= 4 is 28.2 Å². The van der Waals surface area contributed by atoms with Gasteiger partial charge in [-0.2, -0.15) is 0 Å². The van der Waals surface area contributed by atoms with Crippen LogP contribution in [-0.4, -0.2) is 12.1 Å². The van der Waals surface area contributed by atoms with Gasteiger partial charge in [0.15, 0.2) is 0 Å². The Hall–Kier alpha value is -1.48. The number of nitrogen functional groups attached to an aromatic ring is 1. The van der Waals surface area contributed by atoms with Gasteiger partial charge in [0, 0.05) is 6.20 Å². The molecule has 3 nitrogen and oxygen atoms in total. The molecule has 0 unspecified atom stereocenters. The van der Waals surface area contributed by atoms with Crippen molar-refractivity contribution in [3.8, 4) is 5.75 Å². The fraction of sp³-hybridized carbons (Fsp3) is 0.100. The third-order valence-corrected chi connectivity index (χ3v) is 2.37. The number of nitrogens with two attached hydrogens (primary N) is 1. The molecule has 0 aliphatic heterocycles. The maximum absolute atomic E-state index is 6.04. The number of pyridine rings is 1. The van der Waals surface area contributed by atoms with Crippen molar-refractivity contribution in [1.82, 2.24) is 4.98 Å². The van der Waals surface area contributed by atoms with E-state index in [9.17, 15) is 0 Å². The summed E-state index contributed by atoms with van der Waals surface area (Å²) in [5.74, 6) is 0.687. The van der Waals surface area contributed by atoms with Crippen molar-refractivity contribution in [2.45, 2.75) is 0 Å². The standard InChI is InChI=1S/C10H9ClN2O/c1-14-8-3-2-7(12)10-9(8)6(11)4-5-13-10/h2-5H,12H2,1H3. The number of ether oxygens (including phenoxy) is 1. The first-order valence-corrected chi connectivity index (χ1v) is 4.48. The van der Waals surface area contributed by atoms with Crippen LogP contribution in [0.25, 0.3) is 10.9 Å². The van der Waals surface area contributed by atoms with Gasteiger partial charge in [-0.25, -0.2) is 0 Å². The van der Waals surface area contributed by atoms with Crippen molar-refractivity contribution in [2.24, 2.45) is 0 Å². The number of aromatic nitrogens is 1. The highest BCUT2D eigenvalue weighted by Gasteiger charge is 2.08. The van der Waals surface area contributed by atoms with Crippen molar-refractivity contribution in [2.75, 3.05) is 12.8 Å². The first kappa shape index (κ1) is 9.09. The quantitative estimate of drug-likeness (QED) is 0.733.